The molecule has 0 aliphatic carbocycles. The van der Waals surface area contributed by atoms with E-state index in [4.69, 9.17) is 0 Å². The van der Waals surface area contributed by atoms with Gasteiger partial charge in [0.2, 0.25) is 0 Å². The average molecular weight is 302 g/mol. The Morgan fingerprint density at radius 1 is 0.833 bits per heavy atom. The van der Waals surface area contributed by atoms with Crippen LogP contribution in [0.15, 0.2) is 53.0 Å². The second-order valence-electron chi connectivity index (χ2n) is 4.01. The van der Waals surface area contributed by atoms with Gasteiger partial charge in [-0.3, -0.25) is 10.1 Å². The molecule has 0 radical (unpaired) electrons. The molecule has 0 bridgehead atoms. The first kappa shape index (κ1) is 11.2. The summed E-state index contributed by atoms with van der Waals surface area (Å²) >= 11 is 3.54. The number of halogens is 1. The lowest BCUT2D eigenvalue weighted by atomic mass is 10.0. The minimum atomic E-state index is -0.308. The van der Waals surface area contributed by atoms with Gasteiger partial charge in [-0.15, -0.1) is 0 Å². The standard InChI is InChI=1S/C14H8BrNO2/c15-13-9-5-1-3-7-11(9)14(16(17)18)12-8-4-2-6-10(12)13/h1-8H. The number of nitrogens with zero attached hydrogens (tertiary/aromatic N) is 1. The fraction of sp³-hybridized carbons (Fsp3) is 0. The highest BCUT2D eigenvalue weighted by Crippen LogP contribution is 2.40. The molecule has 0 fully saturated rings. The zero-order valence-electron chi connectivity index (χ0n) is 9.26. The summed E-state index contributed by atoms with van der Waals surface area (Å²) in [6.45, 7) is 0. The number of nitro benzene ring substituents is 1. The summed E-state index contributed by atoms with van der Waals surface area (Å²) in [5.74, 6) is 0. The van der Waals surface area contributed by atoms with Crippen molar-refractivity contribution in [2.75, 3.05) is 0 Å². The van der Waals surface area contributed by atoms with E-state index in [0.29, 0.717) is 10.8 Å². The normalized spacial score (nSPS) is 10.9. The summed E-state index contributed by atoms with van der Waals surface area (Å²) < 4.78 is 0.902. The maximum Gasteiger partial charge on any atom is 0.285 e. The number of nitro groups is 1. The molecule has 0 aliphatic heterocycles. The quantitative estimate of drug-likeness (QED) is 0.372. The molecular formula is C14H8BrNO2. The Labute approximate surface area is 111 Å². The molecule has 0 amide bonds. The molecule has 0 unspecified atom stereocenters. The van der Waals surface area contributed by atoms with Crippen molar-refractivity contribution in [2.45, 2.75) is 0 Å². The highest BCUT2D eigenvalue weighted by Gasteiger charge is 2.19. The minimum Gasteiger partial charge on any atom is -0.258 e. The summed E-state index contributed by atoms with van der Waals surface area (Å²) in [4.78, 5) is 11.0. The van der Waals surface area contributed by atoms with Gasteiger partial charge in [0, 0.05) is 15.2 Å². The van der Waals surface area contributed by atoms with Crippen LogP contribution >= 0.6 is 15.9 Å². The molecule has 4 heteroatoms. The first-order valence-electron chi connectivity index (χ1n) is 5.43. The molecule has 0 saturated carbocycles. The predicted octanol–water partition coefficient (Wildman–Crippen LogP) is 4.66. The molecule has 3 aromatic rings. The summed E-state index contributed by atoms with van der Waals surface area (Å²) in [7, 11) is 0. The first-order chi connectivity index (χ1) is 8.70. The molecule has 3 aromatic carbocycles. The Kier molecular flexibility index (Phi) is 2.52. The molecule has 0 spiro atoms. The van der Waals surface area contributed by atoms with E-state index in [1.807, 2.05) is 36.4 Å². The van der Waals surface area contributed by atoms with E-state index in [1.54, 1.807) is 12.1 Å². The van der Waals surface area contributed by atoms with Crippen molar-refractivity contribution in [3.63, 3.8) is 0 Å². The van der Waals surface area contributed by atoms with Crippen LogP contribution in [0.1, 0.15) is 0 Å². The van der Waals surface area contributed by atoms with Crippen LogP contribution in [-0.4, -0.2) is 4.92 Å². The van der Waals surface area contributed by atoms with Crippen LogP contribution in [-0.2, 0) is 0 Å². The molecule has 0 N–H and O–H groups in total. The Morgan fingerprint density at radius 3 is 1.61 bits per heavy atom. The van der Waals surface area contributed by atoms with Crippen molar-refractivity contribution in [2.24, 2.45) is 0 Å². The van der Waals surface area contributed by atoms with Gasteiger partial charge in [-0.1, -0.05) is 36.4 Å². The first-order valence-corrected chi connectivity index (χ1v) is 6.23. The van der Waals surface area contributed by atoms with Crippen molar-refractivity contribution in [3.8, 4) is 0 Å². The van der Waals surface area contributed by atoms with E-state index in [-0.39, 0.29) is 10.6 Å². The molecule has 0 saturated heterocycles. The SMILES string of the molecule is O=[N+]([O-])c1c2ccccc2c(Br)c2ccccc12. The van der Waals surface area contributed by atoms with Crippen molar-refractivity contribution < 1.29 is 4.92 Å². The smallest absolute Gasteiger partial charge is 0.258 e. The highest BCUT2D eigenvalue weighted by atomic mass is 79.9. The topological polar surface area (TPSA) is 43.1 Å². The van der Waals surface area contributed by atoms with Gasteiger partial charge in [-0.25, -0.2) is 0 Å². The maximum absolute atomic E-state index is 11.3. The molecule has 0 atom stereocenters. The van der Waals surface area contributed by atoms with Crippen LogP contribution in [0.3, 0.4) is 0 Å². The van der Waals surface area contributed by atoms with Crippen LogP contribution in [0.25, 0.3) is 21.5 Å². The second kappa shape index (κ2) is 4.07. The Morgan fingerprint density at radius 2 is 1.22 bits per heavy atom. The van der Waals surface area contributed by atoms with Crippen LogP contribution in [0.2, 0.25) is 0 Å². The molecular weight excluding hydrogens is 294 g/mol. The number of hydrogen-bond acceptors (Lipinski definition) is 2. The van der Waals surface area contributed by atoms with Crippen LogP contribution in [0, 0.1) is 10.1 Å². The van der Waals surface area contributed by atoms with Gasteiger partial charge in [0.05, 0.1) is 15.7 Å². The van der Waals surface area contributed by atoms with Gasteiger partial charge in [0.1, 0.15) is 0 Å². The largest absolute Gasteiger partial charge is 0.285 e. The third kappa shape index (κ3) is 1.49. The fourth-order valence-electron chi connectivity index (χ4n) is 2.25. The lowest BCUT2D eigenvalue weighted by molar-refractivity contribution is -0.381. The Hall–Kier alpha value is -1.94. The molecule has 0 aromatic heterocycles. The van der Waals surface area contributed by atoms with Gasteiger partial charge in [-0.05, 0) is 28.1 Å². The number of rotatable bonds is 1. The molecule has 0 heterocycles. The number of hydrogen-bond donors (Lipinski definition) is 0. The van der Waals surface area contributed by atoms with Gasteiger partial charge in [0.15, 0.2) is 0 Å². The summed E-state index contributed by atoms with van der Waals surface area (Å²) in [5, 5.41) is 14.4. The van der Waals surface area contributed by atoms with Crippen molar-refractivity contribution >= 4 is 43.2 Å². The third-order valence-corrected chi connectivity index (χ3v) is 3.87. The van der Waals surface area contributed by atoms with E-state index in [9.17, 15) is 10.1 Å². The summed E-state index contributed by atoms with van der Waals surface area (Å²) in [6.07, 6.45) is 0. The van der Waals surface area contributed by atoms with Crippen LogP contribution < -0.4 is 0 Å². The van der Waals surface area contributed by atoms with Crippen molar-refractivity contribution in [1.29, 1.82) is 0 Å². The van der Waals surface area contributed by atoms with Gasteiger partial charge in [-0.2, -0.15) is 0 Å². The van der Waals surface area contributed by atoms with E-state index in [2.05, 4.69) is 15.9 Å². The molecule has 0 aliphatic rings. The van der Waals surface area contributed by atoms with E-state index in [0.717, 1.165) is 15.2 Å². The summed E-state index contributed by atoms with van der Waals surface area (Å²) in [5.41, 5.74) is 0.171. The second-order valence-corrected chi connectivity index (χ2v) is 4.80. The molecule has 3 nitrogen and oxygen atoms in total. The zero-order chi connectivity index (χ0) is 12.7. The van der Waals surface area contributed by atoms with E-state index >= 15 is 0 Å². The average Bonchev–Trinajstić information content (AvgIpc) is 2.39. The van der Waals surface area contributed by atoms with E-state index in [1.165, 1.54) is 0 Å². The van der Waals surface area contributed by atoms with Gasteiger partial charge >= 0.3 is 0 Å². The van der Waals surface area contributed by atoms with Crippen molar-refractivity contribution in [1.82, 2.24) is 0 Å². The van der Waals surface area contributed by atoms with Gasteiger partial charge < -0.3 is 0 Å². The zero-order valence-corrected chi connectivity index (χ0v) is 10.8. The predicted molar refractivity (Wildman–Crippen MR) is 75.8 cm³/mol. The Balaban J connectivity index is 2.67. The lowest BCUT2D eigenvalue weighted by Gasteiger charge is -2.07. The maximum atomic E-state index is 11.3. The number of benzene rings is 3. The lowest BCUT2D eigenvalue weighted by Crippen LogP contribution is -1.92. The van der Waals surface area contributed by atoms with Crippen LogP contribution in [0.4, 0.5) is 5.69 Å². The Bertz CT molecular complexity index is 726. The van der Waals surface area contributed by atoms with Crippen LogP contribution in [0.5, 0.6) is 0 Å². The third-order valence-electron chi connectivity index (χ3n) is 3.02. The summed E-state index contributed by atoms with van der Waals surface area (Å²) in [6, 6.07) is 14.7. The van der Waals surface area contributed by atoms with Gasteiger partial charge in [0.25, 0.3) is 5.69 Å². The number of non-ortho nitro benzene ring substituents is 1. The van der Waals surface area contributed by atoms with E-state index < -0.39 is 0 Å². The van der Waals surface area contributed by atoms with Crippen molar-refractivity contribution in [3.05, 3.63) is 63.1 Å². The molecule has 88 valence electrons. The highest BCUT2D eigenvalue weighted by molar-refractivity contribution is 9.10. The molecule has 18 heavy (non-hydrogen) atoms. The molecule has 3 rings (SSSR count). The number of fused-ring (bicyclic) bond motifs is 2. The monoisotopic (exact) mass is 301 g/mol. The fourth-order valence-corrected chi connectivity index (χ4v) is 2.94. The minimum absolute atomic E-state index is 0.171.